The van der Waals surface area contributed by atoms with Crippen LogP contribution in [0.1, 0.15) is 22.5 Å². The third-order valence-electron chi connectivity index (χ3n) is 3.93. The number of hydrogen-bond acceptors (Lipinski definition) is 4. The smallest absolute Gasteiger partial charge is 0.354 e. The number of aromatic nitrogens is 1. The molecule has 0 bridgehead atoms. The van der Waals surface area contributed by atoms with Crippen LogP contribution in [0.5, 0.6) is 5.88 Å². The van der Waals surface area contributed by atoms with Crippen LogP contribution in [-0.4, -0.2) is 35.4 Å². The third-order valence-corrected chi connectivity index (χ3v) is 3.93. The van der Waals surface area contributed by atoms with E-state index in [9.17, 15) is 27.5 Å². The topological polar surface area (TPSA) is 68.7 Å². The van der Waals surface area contributed by atoms with Crippen molar-refractivity contribution in [2.75, 3.05) is 6.61 Å². The highest BCUT2D eigenvalue weighted by Gasteiger charge is 2.27. The number of ether oxygens (including phenoxy) is 2. The molecule has 0 radical (unpaired) electrons. The van der Waals surface area contributed by atoms with Crippen LogP contribution < -0.4 is 4.74 Å². The van der Waals surface area contributed by atoms with Crippen LogP contribution in [0.25, 0.3) is 11.1 Å². The number of pyridine rings is 1. The molecular formula is C17H13F4NO4. The SMILES string of the molecule is O=C(O)c1cc(-c2ccc(F)cc2F)c2c(n1)O[C@H](COC(F)F)CC2. The maximum absolute atomic E-state index is 14.2. The Morgan fingerprint density at radius 3 is 2.73 bits per heavy atom. The number of alkyl halides is 2. The van der Waals surface area contributed by atoms with Gasteiger partial charge in [-0.05, 0) is 36.6 Å². The minimum absolute atomic E-state index is 0.00145. The van der Waals surface area contributed by atoms with Crippen molar-refractivity contribution < 1.29 is 36.9 Å². The van der Waals surface area contributed by atoms with Crippen molar-refractivity contribution in [3.63, 3.8) is 0 Å². The fourth-order valence-electron chi connectivity index (χ4n) is 2.76. The molecular weight excluding hydrogens is 358 g/mol. The fraction of sp³-hybridized carbons (Fsp3) is 0.294. The van der Waals surface area contributed by atoms with Gasteiger partial charge in [-0.25, -0.2) is 18.6 Å². The number of rotatable bonds is 5. The molecule has 0 fully saturated rings. The van der Waals surface area contributed by atoms with Gasteiger partial charge in [0, 0.05) is 17.2 Å². The van der Waals surface area contributed by atoms with Crippen LogP contribution in [0.15, 0.2) is 24.3 Å². The Morgan fingerprint density at radius 1 is 1.31 bits per heavy atom. The van der Waals surface area contributed by atoms with Gasteiger partial charge < -0.3 is 14.6 Å². The molecule has 0 aliphatic carbocycles. The summed E-state index contributed by atoms with van der Waals surface area (Å²) in [5.41, 5.74) is 0.225. The molecule has 5 nitrogen and oxygen atoms in total. The Balaban J connectivity index is 2.02. The number of aromatic carboxylic acids is 1. The summed E-state index contributed by atoms with van der Waals surface area (Å²) in [4.78, 5) is 15.2. The van der Waals surface area contributed by atoms with Crippen molar-refractivity contribution in [1.82, 2.24) is 4.98 Å². The maximum atomic E-state index is 14.2. The van der Waals surface area contributed by atoms with Crippen molar-refractivity contribution in [2.45, 2.75) is 25.6 Å². The third kappa shape index (κ3) is 3.77. The highest BCUT2D eigenvalue weighted by Crippen LogP contribution is 2.36. The molecule has 0 unspecified atom stereocenters. The second-order valence-electron chi connectivity index (χ2n) is 5.64. The lowest BCUT2D eigenvalue weighted by molar-refractivity contribution is -0.146. The van der Waals surface area contributed by atoms with Crippen molar-refractivity contribution in [3.05, 3.63) is 47.2 Å². The number of benzene rings is 1. The van der Waals surface area contributed by atoms with E-state index in [4.69, 9.17) is 4.74 Å². The van der Waals surface area contributed by atoms with Crippen LogP contribution in [0, 0.1) is 11.6 Å². The second-order valence-corrected chi connectivity index (χ2v) is 5.64. The minimum atomic E-state index is -2.96. The van der Waals surface area contributed by atoms with E-state index in [1.807, 2.05) is 0 Å². The van der Waals surface area contributed by atoms with E-state index in [1.165, 1.54) is 12.1 Å². The predicted octanol–water partition coefficient (Wildman–Crippen LogP) is 3.66. The Morgan fingerprint density at radius 2 is 2.08 bits per heavy atom. The first-order valence-corrected chi connectivity index (χ1v) is 7.64. The first-order valence-electron chi connectivity index (χ1n) is 7.64. The van der Waals surface area contributed by atoms with E-state index in [1.54, 1.807) is 0 Å². The predicted molar refractivity (Wildman–Crippen MR) is 81.2 cm³/mol. The Kier molecular flexibility index (Phi) is 5.08. The summed E-state index contributed by atoms with van der Waals surface area (Å²) in [7, 11) is 0. The van der Waals surface area contributed by atoms with Gasteiger partial charge in [0.05, 0.1) is 6.61 Å². The zero-order valence-electron chi connectivity index (χ0n) is 13.2. The Hall–Kier alpha value is -2.68. The lowest BCUT2D eigenvalue weighted by Gasteiger charge is -2.27. The number of carboxylic acids is 1. The molecule has 1 aliphatic rings. The zero-order chi connectivity index (χ0) is 18.8. The first kappa shape index (κ1) is 18.1. The number of nitrogens with zero attached hydrogens (tertiary/aromatic N) is 1. The Labute approximate surface area is 145 Å². The van der Waals surface area contributed by atoms with E-state index < -0.39 is 42.6 Å². The molecule has 0 amide bonds. The quantitative estimate of drug-likeness (QED) is 0.813. The van der Waals surface area contributed by atoms with Gasteiger partial charge in [-0.2, -0.15) is 8.78 Å². The number of halogens is 4. The van der Waals surface area contributed by atoms with Gasteiger partial charge in [-0.1, -0.05) is 0 Å². The summed E-state index contributed by atoms with van der Waals surface area (Å²) in [6, 6.07) is 4.11. The van der Waals surface area contributed by atoms with E-state index >= 15 is 0 Å². The summed E-state index contributed by atoms with van der Waals surface area (Å²) >= 11 is 0. The van der Waals surface area contributed by atoms with E-state index in [-0.39, 0.29) is 23.4 Å². The molecule has 1 aliphatic heterocycles. The molecule has 26 heavy (non-hydrogen) atoms. The molecule has 138 valence electrons. The molecule has 0 saturated heterocycles. The van der Waals surface area contributed by atoms with Crippen LogP contribution in [0.3, 0.4) is 0 Å². The number of carbonyl (C=O) groups is 1. The number of hydrogen-bond donors (Lipinski definition) is 1. The van der Waals surface area contributed by atoms with Gasteiger partial charge in [0.2, 0.25) is 5.88 Å². The zero-order valence-corrected chi connectivity index (χ0v) is 13.2. The molecule has 2 heterocycles. The van der Waals surface area contributed by atoms with Crippen LogP contribution in [0.4, 0.5) is 17.6 Å². The van der Waals surface area contributed by atoms with Gasteiger partial charge in [-0.3, -0.25) is 0 Å². The van der Waals surface area contributed by atoms with Crippen LogP contribution >= 0.6 is 0 Å². The standard InChI is InChI=1S/C17H13F4NO4/c18-8-1-3-10(13(19)5-8)12-6-14(16(23)24)22-15-11(12)4-2-9(26-15)7-25-17(20)21/h1,3,5-6,9,17H,2,4,7H2,(H,23,24)/t9-/m0/s1. The average Bonchev–Trinajstić information content (AvgIpc) is 2.58. The molecule has 0 saturated carbocycles. The normalized spacial score (nSPS) is 16.3. The number of fused-ring (bicyclic) bond motifs is 1. The highest BCUT2D eigenvalue weighted by atomic mass is 19.3. The summed E-state index contributed by atoms with van der Waals surface area (Å²) in [6.07, 6.45) is -0.158. The summed E-state index contributed by atoms with van der Waals surface area (Å²) in [6.45, 7) is -3.35. The lowest BCUT2D eigenvalue weighted by atomic mass is 9.94. The van der Waals surface area contributed by atoms with Gasteiger partial charge in [0.15, 0.2) is 5.69 Å². The van der Waals surface area contributed by atoms with E-state index in [0.717, 1.165) is 6.07 Å². The summed E-state index contributed by atoms with van der Waals surface area (Å²) < 4.78 is 61.4. The average molecular weight is 371 g/mol. The number of carboxylic acid groups (broad SMARTS) is 1. The fourth-order valence-corrected chi connectivity index (χ4v) is 2.76. The monoisotopic (exact) mass is 371 g/mol. The first-order chi connectivity index (χ1) is 12.3. The van der Waals surface area contributed by atoms with Crippen LogP contribution in [0.2, 0.25) is 0 Å². The highest BCUT2D eigenvalue weighted by molar-refractivity contribution is 5.88. The van der Waals surface area contributed by atoms with Gasteiger partial charge in [-0.15, -0.1) is 0 Å². The van der Waals surface area contributed by atoms with Crippen molar-refractivity contribution >= 4 is 5.97 Å². The van der Waals surface area contributed by atoms with Crippen molar-refractivity contribution in [3.8, 4) is 17.0 Å². The van der Waals surface area contributed by atoms with Gasteiger partial charge in [0.25, 0.3) is 0 Å². The molecule has 0 spiro atoms. The molecule has 1 atom stereocenters. The Bertz CT molecular complexity index is 844. The van der Waals surface area contributed by atoms with Crippen molar-refractivity contribution in [2.24, 2.45) is 0 Å². The molecule has 9 heteroatoms. The molecule has 1 aromatic heterocycles. The maximum Gasteiger partial charge on any atom is 0.354 e. The molecule has 1 N–H and O–H groups in total. The second kappa shape index (κ2) is 7.28. The summed E-state index contributed by atoms with van der Waals surface area (Å²) in [5.74, 6) is -3.09. The minimum Gasteiger partial charge on any atom is -0.477 e. The largest absolute Gasteiger partial charge is 0.477 e. The van der Waals surface area contributed by atoms with Crippen molar-refractivity contribution in [1.29, 1.82) is 0 Å². The molecule has 1 aromatic carbocycles. The molecule has 3 rings (SSSR count). The van der Waals surface area contributed by atoms with E-state index in [2.05, 4.69) is 9.72 Å². The molecule has 2 aromatic rings. The van der Waals surface area contributed by atoms with Gasteiger partial charge in [0.1, 0.15) is 17.7 Å². The summed E-state index contributed by atoms with van der Waals surface area (Å²) in [5, 5.41) is 9.22. The van der Waals surface area contributed by atoms with Gasteiger partial charge >= 0.3 is 12.6 Å². The lowest BCUT2D eigenvalue weighted by Crippen LogP contribution is -2.30. The van der Waals surface area contributed by atoms with E-state index in [0.29, 0.717) is 18.1 Å². The van der Waals surface area contributed by atoms with Crippen LogP contribution in [-0.2, 0) is 11.2 Å².